The molecule has 3 saturated heterocycles. The highest BCUT2D eigenvalue weighted by molar-refractivity contribution is 5.89. The summed E-state index contributed by atoms with van der Waals surface area (Å²) in [5.74, 6) is 1.30. The van der Waals surface area contributed by atoms with Crippen molar-refractivity contribution in [2.75, 3.05) is 33.2 Å². The van der Waals surface area contributed by atoms with Gasteiger partial charge in [0, 0.05) is 32.6 Å². The Morgan fingerprint density at radius 2 is 2.11 bits per heavy atom. The summed E-state index contributed by atoms with van der Waals surface area (Å²) in [7, 11) is 1.92. The zero-order chi connectivity index (χ0) is 18.8. The van der Waals surface area contributed by atoms with Crippen LogP contribution >= 0.6 is 0 Å². The summed E-state index contributed by atoms with van der Waals surface area (Å²) in [5, 5.41) is 0. The molecule has 3 atom stereocenters. The van der Waals surface area contributed by atoms with Crippen LogP contribution in [0.5, 0.6) is 0 Å². The Morgan fingerprint density at radius 3 is 2.93 bits per heavy atom. The lowest BCUT2D eigenvalue weighted by Crippen LogP contribution is -2.51. The minimum absolute atomic E-state index is 0.0503. The summed E-state index contributed by atoms with van der Waals surface area (Å²) in [6.07, 6.45) is 8.29. The second-order valence-corrected chi connectivity index (χ2v) is 8.47. The number of amides is 2. The van der Waals surface area contributed by atoms with E-state index in [0.717, 1.165) is 12.3 Å². The minimum atomic E-state index is -0.219. The number of nitrogens with zero attached hydrogens (tertiary/aromatic N) is 3. The van der Waals surface area contributed by atoms with E-state index in [1.807, 2.05) is 24.1 Å². The summed E-state index contributed by atoms with van der Waals surface area (Å²) < 4.78 is 5.34. The molecule has 6 nitrogen and oxygen atoms in total. The summed E-state index contributed by atoms with van der Waals surface area (Å²) >= 11 is 0. The molecule has 27 heavy (non-hydrogen) atoms. The topological polar surface area (TPSA) is 57.0 Å². The normalized spacial score (nSPS) is 29.0. The third-order valence-electron chi connectivity index (χ3n) is 6.60. The molecule has 3 fully saturated rings. The molecule has 1 aromatic heterocycles. The number of fused-ring (bicyclic) bond motifs is 1. The predicted molar refractivity (Wildman–Crippen MR) is 102 cm³/mol. The molecule has 148 valence electrons. The molecule has 1 aromatic rings. The molecule has 2 amide bonds. The van der Waals surface area contributed by atoms with Crippen LogP contribution in [0, 0.1) is 11.8 Å². The van der Waals surface area contributed by atoms with Crippen molar-refractivity contribution in [1.82, 2.24) is 14.7 Å². The van der Waals surface area contributed by atoms with Crippen LogP contribution in [0.3, 0.4) is 0 Å². The van der Waals surface area contributed by atoms with Crippen molar-refractivity contribution < 1.29 is 14.0 Å². The molecule has 3 aliphatic rings. The Bertz CT molecular complexity index is 658. The zero-order valence-corrected chi connectivity index (χ0v) is 16.3. The molecule has 4 heterocycles. The first-order valence-corrected chi connectivity index (χ1v) is 10.4. The third kappa shape index (κ3) is 4.05. The number of furan rings is 1. The molecule has 4 rings (SSSR count). The molecule has 0 radical (unpaired) electrons. The van der Waals surface area contributed by atoms with Crippen LogP contribution in [0.4, 0.5) is 0 Å². The fourth-order valence-corrected chi connectivity index (χ4v) is 5.22. The van der Waals surface area contributed by atoms with Crippen molar-refractivity contribution in [3.8, 4) is 0 Å². The van der Waals surface area contributed by atoms with Gasteiger partial charge < -0.3 is 19.1 Å². The lowest BCUT2D eigenvalue weighted by Gasteiger charge is -2.45. The molecule has 6 heteroatoms. The monoisotopic (exact) mass is 373 g/mol. The Kier molecular flexibility index (Phi) is 5.53. The van der Waals surface area contributed by atoms with Gasteiger partial charge in [0.1, 0.15) is 5.76 Å². The number of carbonyl (C=O) groups is 2. The van der Waals surface area contributed by atoms with Gasteiger partial charge in [-0.05, 0) is 56.8 Å². The molecule has 0 spiro atoms. The van der Waals surface area contributed by atoms with E-state index in [0.29, 0.717) is 31.5 Å². The fourth-order valence-electron chi connectivity index (χ4n) is 5.22. The van der Waals surface area contributed by atoms with Crippen LogP contribution in [0.15, 0.2) is 22.8 Å². The number of hydrogen-bond acceptors (Lipinski definition) is 4. The largest absolute Gasteiger partial charge is 0.467 e. The van der Waals surface area contributed by atoms with Crippen molar-refractivity contribution >= 4 is 11.8 Å². The number of hydrogen-bond donors (Lipinski definition) is 0. The number of rotatable bonds is 5. The van der Waals surface area contributed by atoms with Crippen molar-refractivity contribution in [3.63, 3.8) is 0 Å². The highest BCUT2D eigenvalue weighted by Gasteiger charge is 2.38. The molecule has 0 aromatic carbocycles. The zero-order valence-electron chi connectivity index (χ0n) is 16.3. The Balaban J connectivity index is 1.33. The van der Waals surface area contributed by atoms with Crippen molar-refractivity contribution in [2.24, 2.45) is 11.8 Å². The summed E-state index contributed by atoms with van der Waals surface area (Å²) in [4.78, 5) is 31.6. The van der Waals surface area contributed by atoms with Crippen molar-refractivity contribution in [3.05, 3.63) is 24.2 Å². The van der Waals surface area contributed by atoms with E-state index in [1.54, 1.807) is 11.2 Å². The lowest BCUT2D eigenvalue weighted by molar-refractivity contribution is -0.135. The van der Waals surface area contributed by atoms with Crippen molar-refractivity contribution in [1.29, 1.82) is 0 Å². The number of likely N-dealkylation sites (tertiary alicyclic amines) is 1. The molecule has 3 unspecified atom stereocenters. The maximum absolute atomic E-state index is 13.0. The van der Waals surface area contributed by atoms with E-state index in [9.17, 15) is 9.59 Å². The summed E-state index contributed by atoms with van der Waals surface area (Å²) in [5.41, 5.74) is 0. The van der Waals surface area contributed by atoms with E-state index in [2.05, 4.69) is 4.90 Å². The quantitative estimate of drug-likeness (QED) is 0.795. The van der Waals surface area contributed by atoms with Gasteiger partial charge in [0.2, 0.25) is 11.8 Å². The van der Waals surface area contributed by atoms with Gasteiger partial charge in [0.15, 0.2) is 0 Å². The Labute approximate surface area is 161 Å². The molecule has 0 N–H and O–H groups in total. The van der Waals surface area contributed by atoms with Gasteiger partial charge in [-0.2, -0.15) is 0 Å². The smallest absolute Gasteiger partial charge is 0.227 e. The van der Waals surface area contributed by atoms with Crippen LogP contribution in [0.2, 0.25) is 0 Å². The number of piperidine rings is 2. The van der Waals surface area contributed by atoms with Crippen LogP contribution in [-0.4, -0.2) is 65.8 Å². The second-order valence-electron chi connectivity index (χ2n) is 8.47. The van der Waals surface area contributed by atoms with Gasteiger partial charge >= 0.3 is 0 Å². The minimum Gasteiger partial charge on any atom is -0.467 e. The highest BCUT2D eigenvalue weighted by atomic mass is 16.3. The molecular formula is C21H31N3O3. The van der Waals surface area contributed by atoms with E-state index in [4.69, 9.17) is 4.42 Å². The van der Waals surface area contributed by atoms with Crippen molar-refractivity contribution in [2.45, 2.75) is 51.1 Å². The molecule has 0 saturated carbocycles. The van der Waals surface area contributed by atoms with Gasteiger partial charge in [0.25, 0.3) is 0 Å². The Hall–Kier alpha value is -1.82. The van der Waals surface area contributed by atoms with Gasteiger partial charge in [0.05, 0.1) is 18.7 Å². The Morgan fingerprint density at radius 1 is 1.26 bits per heavy atom. The maximum Gasteiger partial charge on any atom is 0.227 e. The van der Waals surface area contributed by atoms with E-state index in [-0.39, 0.29) is 17.7 Å². The predicted octanol–water partition coefficient (Wildman–Crippen LogP) is 2.35. The molecular weight excluding hydrogens is 342 g/mol. The third-order valence-corrected chi connectivity index (χ3v) is 6.60. The molecule has 0 bridgehead atoms. The second kappa shape index (κ2) is 8.05. The highest BCUT2D eigenvalue weighted by Crippen LogP contribution is 2.32. The SMILES string of the molecule is CN(CC1CCCN2CCCCC12)C(=O)C1CC(=O)N(Cc2ccco2)C1. The van der Waals surface area contributed by atoms with Crippen LogP contribution in [0.25, 0.3) is 0 Å². The van der Waals surface area contributed by atoms with Crippen LogP contribution in [0.1, 0.15) is 44.3 Å². The molecule has 0 aliphatic carbocycles. The summed E-state index contributed by atoms with van der Waals surface area (Å²) in [6.45, 7) is 4.22. The van der Waals surface area contributed by atoms with E-state index < -0.39 is 0 Å². The first-order valence-electron chi connectivity index (χ1n) is 10.4. The fraction of sp³-hybridized carbons (Fsp3) is 0.714. The molecule has 3 aliphatic heterocycles. The van der Waals surface area contributed by atoms with Gasteiger partial charge in [-0.1, -0.05) is 6.42 Å². The average molecular weight is 373 g/mol. The van der Waals surface area contributed by atoms with Gasteiger partial charge in [-0.25, -0.2) is 0 Å². The van der Waals surface area contributed by atoms with E-state index in [1.165, 1.54) is 45.2 Å². The first-order chi connectivity index (χ1) is 13.1. The van der Waals surface area contributed by atoms with Gasteiger partial charge in [-0.3, -0.25) is 9.59 Å². The first kappa shape index (κ1) is 18.5. The van der Waals surface area contributed by atoms with E-state index >= 15 is 0 Å². The van der Waals surface area contributed by atoms with Gasteiger partial charge in [-0.15, -0.1) is 0 Å². The standard InChI is InChI=1S/C21H31N3O3/c1-22(13-16-6-4-10-23-9-3-2-8-19(16)23)21(26)17-12-20(25)24(14-17)15-18-7-5-11-27-18/h5,7,11,16-17,19H,2-4,6,8-10,12-15H2,1H3. The van der Waals surface area contributed by atoms with Crippen LogP contribution < -0.4 is 0 Å². The summed E-state index contributed by atoms with van der Waals surface area (Å²) in [6, 6.07) is 4.34. The average Bonchev–Trinajstić information content (AvgIpc) is 3.32. The lowest BCUT2D eigenvalue weighted by atomic mass is 9.83. The van der Waals surface area contributed by atoms with Crippen LogP contribution in [-0.2, 0) is 16.1 Å². The maximum atomic E-state index is 13.0. The number of carbonyl (C=O) groups excluding carboxylic acids is 2.